The van der Waals surface area contributed by atoms with E-state index in [4.69, 9.17) is 17.0 Å². The van der Waals surface area contributed by atoms with Crippen LogP contribution in [0.25, 0.3) is 0 Å². The maximum Gasteiger partial charge on any atom is 0.264 e. The summed E-state index contributed by atoms with van der Waals surface area (Å²) in [5.41, 5.74) is 2.10. The van der Waals surface area contributed by atoms with Gasteiger partial charge < -0.3 is 15.4 Å². The van der Waals surface area contributed by atoms with Crippen LogP contribution in [0.3, 0.4) is 0 Å². The van der Waals surface area contributed by atoms with Crippen molar-refractivity contribution >= 4 is 23.2 Å². The molecule has 0 aromatic heterocycles. The van der Waals surface area contributed by atoms with E-state index in [2.05, 4.69) is 10.6 Å². The van der Waals surface area contributed by atoms with Crippen LogP contribution in [0.1, 0.15) is 25.0 Å². The van der Waals surface area contributed by atoms with Crippen LogP contribution in [-0.4, -0.2) is 23.7 Å². The number of nitrogens with one attached hydrogen (secondary N) is 2. The lowest BCUT2D eigenvalue weighted by atomic mass is 10.1. The van der Waals surface area contributed by atoms with E-state index >= 15 is 0 Å². The van der Waals surface area contributed by atoms with E-state index in [0.29, 0.717) is 5.11 Å². The van der Waals surface area contributed by atoms with Crippen molar-refractivity contribution < 1.29 is 9.53 Å². The van der Waals surface area contributed by atoms with E-state index in [1.54, 1.807) is 0 Å². The van der Waals surface area contributed by atoms with Crippen LogP contribution in [0.15, 0.2) is 18.2 Å². The molecular formula is C14H20N2O2S. The quantitative estimate of drug-likeness (QED) is 0.829. The number of carbonyl (C=O) groups is 1. The van der Waals surface area contributed by atoms with Crippen molar-refractivity contribution in [1.82, 2.24) is 10.6 Å². The lowest BCUT2D eigenvalue weighted by Gasteiger charge is -2.13. The molecule has 0 heterocycles. The number of amides is 1. The van der Waals surface area contributed by atoms with E-state index in [1.807, 2.05) is 45.9 Å². The van der Waals surface area contributed by atoms with Crippen LogP contribution >= 0.6 is 12.2 Å². The highest BCUT2D eigenvalue weighted by Gasteiger charge is 2.07. The van der Waals surface area contributed by atoms with Crippen LogP contribution < -0.4 is 15.4 Å². The van der Waals surface area contributed by atoms with Crippen molar-refractivity contribution in [3.05, 3.63) is 29.3 Å². The first kappa shape index (κ1) is 15.4. The second-order valence-electron chi connectivity index (χ2n) is 4.73. The molecule has 0 aliphatic heterocycles. The Kier molecular flexibility index (Phi) is 5.76. The van der Waals surface area contributed by atoms with Crippen LogP contribution in [0, 0.1) is 13.8 Å². The maximum absolute atomic E-state index is 11.6. The van der Waals surface area contributed by atoms with Gasteiger partial charge in [-0.25, -0.2) is 0 Å². The fourth-order valence-electron chi connectivity index (χ4n) is 1.47. The molecule has 104 valence electrons. The molecule has 1 amide bonds. The van der Waals surface area contributed by atoms with Crippen molar-refractivity contribution in [1.29, 1.82) is 0 Å². The second kappa shape index (κ2) is 7.09. The van der Waals surface area contributed by atoms with Gasteiger partial charge in [-0.15, -0.1) is 0 Å². The summed E-state index contributed by atoms with van der Waals surface area (Å²) in [6.07, 6.45) is 0. The minimum Gasteiger partial charge on any atom is -0.483 e. The summed E-state index contributed by atoms with van der Waals surface area (Å²) >= 11 is 4.99. The topological polar surface area (TPSA) is 50.4 Å². The normalized spacial score (nSPS) is 10.2. The van der Waals surface area contributed by atoms with Gasteiger partial charge in [-0.2, -0.15) is 0 Å². The van der Waals surface area contributed by atoms with Gasteiger partial charge in [0, 0.05) is 6.04 Å². The average Bonchev–Trinajstić information content (AvgIpc) is 2.29. The third-order valence-electron chi connectivity index (χ3n) is 2.38. The van der Waals surface area contributed by atoms with Gasteiger partial charge in [-0.1, -0.05) is 12.1 Å². The summed E-state index contributed by atoms with van der Waals surface area (Å²) in [6.45, 7) is 7.77. The van der Waals surface area contributed by atoms with Gasteiger partial charge in [0.05, 0.1) is 0 Å². The molecule has 0 aliphatic carbocycles. The fraction of sp³-hybridized carbons (Fsp3) is 0.429. The Morgan fingerprint density at radius 2 is 2.05 bits per heavy atom. The van der Waals surface area contributed by atoms with Gasteiger partial charge >= 0.3 is 0 Å². The predicted molar refractivity (Wildman–Crippen MR) is 80.4 cm³/mol. The Balaban J connectivity index is 2.46. The third kappa shape index (κ3) is 5.70. The van der Waals surface area contributed by atoms with Crippen molar-refractivity contribution in [3.8, 4) is 5.75 Å². The summed E-state index contributed by atoms with van der Waals surface area (Å²) in [7, 11) is 0. The van der Waals surface area contributed by atoms with E-state index in [1.165, 1.54) is 0 Å². The van der Waals surface area contributed by atoms with Crippen molar-refractivity contribution in [3.63, 3.8) is 0 Å². The molecule has 1 aromatic carbocycles. The highest BCUT2D eigenvalue weighted by atomic mass is 32.1. The Bertz CT molecular complexity index is 473. The Labute approximate surface area is 119 Å². The first-order valence-corrected chi connectivity index (χ1v) is 6.59. The number of thiocarbonyl (C=S) groups is 1. The number of aryl methyl sites for hydroxylation is 2. The van der Waals surface area contributed by atoms with Crippen LogP contribution in [0.5, 0.6) is 5.75 Å². The molecule has 0 aliphatic rings. The molecule has 2 N–H and O–H groups in total. The Morgan fingerprint density at radius 1 is 1.37 bits per heavy atom. The summed E-state index contributed by atoms with van der Waals surface area (Å²) in [5, 5.41) is 5.83. The molecular weight excluding hydrogens is 260 g/mol. The molecule has 1 aromatic rings. The Hall–Kier alpha value is -1.62. The molecule has 0 radical (unpaired) electrons. The van der Waals surface area contributed by atoms with Crippen molar-refractivity contribution in [2.24, 2.45) is 0 Å². The number of ether oxygens (including phenoxy) is 1. The summed E-state index contributed by atoms with van der Waals surface area (Å²) in [4.78, 5) is 11.6. The first-order chi connectivity index (χ1) is 8.88. The molecule has 1 rings (SSSR count). The molecule has 5 heteroatoms. The molecule has 19 heavy (non-hydrogen) atoms. The van der Waals surface area contributed by atoms with Crippen LogP contribution in [-0.2, 0) is 4.79 Å². The number of hydrogen-bond donors (Lipinski definition) is 2. The first-order valence-electron chi connectivity index (χ1n) is 6.19. The standard InChI is InChI=1S/C14H20N2O2S/c1-9(2)15-14(19)16-13(17)8-18-12-7-10(3)5-6-11(12)4/h5-7,9H,8H2,1-4H3,(H2,15,16,17,19). The molecule has 0 bridgehead atoms. The molecule has 0 spiro atoms. The number of benzene rings is 1. The van der Waals surface area contributed by atoms with Gasteiger partial charge in [-0.3, -0.25) is 4.79 Å². The Morgan fingerprint density at radius 3 is 2.68 bits per heavy atom. The van der Waals surface area contributed by atoms with E-state index in [0.717, 1.165) is 16.9 Å². The minimum absolute atomic E-state index is 0.0514. The second-order valence-corrected chi connectivity index (χ2v) is 5.14. The maximum atomic E-state index is 11.6. The largest absolute Gasteiger partial charge is 0.483 e. The van der Waals surface area contributed by atoms with Gasteiger partial charge in [0.15, 0.2) is 11.7 Å². The van der Waals surface area contributed by atoms with E-state index in [9.17, 15) is 4.79 Å². The number of rotatable bonds is 4. The predicted octanol–water partition coefficient (Wildman–Crippen LogP) is 2.08. The zero-order valence-corrected chi connectivity index (χ0v) is 12.6. The minimum atomic E-state index is -0.265. The van der Waals surface area contributed by atoms with Gasteiger partial charge in [0.1, 0.15) is 5.75 Å². The summed E-state index contributed by atoms with van der Waals surface area (Å²) in [5.74, 6) is 0.456. The van der Waals surface area contributed by atoms with Gasteiger partial charge in [0.25, 0.3) is 5.91 Å². The SMILES string of the molecule is Cc1ccc(C)c(OCC(=O)NC(=S)NC(C)C)c1. The molecule has 4 nitrogen and oxygen atoms in total. The molecule has 0 atom stereocenters. The smallest absolute Gasteiger partial charge is 0.264 e. The highest BCUT2D eigenvalue weighted by Crippen LogP contribution is 2.18. The highest BCUT2D eigenvalue weighted by molar-refractivity contribution is 7.80. The number of hydrogen-bond acceptors (Lipinski definition) is 3. The van der Waals surface area contributed by atoms with Crippen molar-refractivity contribution in [2.45, 2.75) is 33.7 Å². The van der Waals surface area contributed by atoms with Crippen molar-refractivity contribution in [2.75, 3.05) is 6.61 Å². The zero-order valence-electron chi connectivity index (χ0n) is 11.7. The van der Waals surface area contributed by atoms with E-state index < -0.39 is 0 Å². The molecule has 0 saturated heterocycles. The monoisotopic (exact) mass is 280 g/mol. The van der Waals surface area contributed by atoms with Gasteiger partial charge in [-0.05, 0) is 57.1 Å². The molecule has 0 unspecified atom stereocenters. The lowest BCUT2D eigenvalue weighted by molar-refractivity contribution is -0.121. The van der Waals surface area contributed by atoms with Crippen LogP contribution in [0.4, 0.5) is 0 Å². The van der Waals surface area contributed by atoms with Crippen LogP contribution in [0.2, 0.25) is 0 Å². The summed E-state index contributed by atoms with van der Waals surface area (Å²) < 4.78 is 5.49. The third-order valence-corrected chi connectivity index (χ3v) is 2.60. The van der Waals surface area contributed by atoms with E-state index in [-0.39, 0.29) is 18.6 Å². The average molecular weight is 280 g/mol. The molecule has 0 fully saturated rings. The van der Waals surface area contributed by atoms with Gasteiger partial charge in [0.2, 0.25) is 0 Å². The summed E-state index contributed by atoms with van der Waals surface area (Å²) in [6, 6.07) is 6.07. The lowest BCUT2D eigenvalue weighted by Crippen LogP contribution is -2.44. The number of carbonyl (C=O) groups excluding carboxylic acids is 1. The zero-order chi connectivity index (χ0) is 14.4. The molecule has 0 saturated carbocycles. The fourth-order valence-corrected chi connectivity index (χ4v) is 1.82.